The molecule has 0 aromatic carbocycles. The van der Waals surface area contributed by atoms with E-state index in [9.17, 15) is 4.79 Å². The Balaban J connectivity index is 1.85. The van der Waals surface area contributed by atoms with Crippen LogP contribution in [0, 0.1) is 0 Å². The van der Waals surface area contributed by atoms with Gasteiger partial charge in [-0.3, -0.25) is 4.90 Å². The molecule has 1 aliphatic carbocycles. The lowest BCUT2D eigenvalue weighted by Gasteiger charge is -2.33. The maximum absolute atomic E-state index is 11.5. The van der Waals surface area contributed by atoms with Gasteiger partial charge in [0, 0.05) is 18.5 Å². The first kappa shape index (κ1) is 8.34. The summed E-state index contributed by atoms with van der Waals surface area (Å²) in [5, 5.41) is 0. The van der Waals surface area contributed by atoms with Gasteiger partial charge in [-0.25, -0.2) is 4.79 Å². The number of nitrogens with zero attached hydrogens (tertiary/aromatic N) is 1. The van der Waals surface area contributed by atoms with E-state index in [1.807, 2.05) is 0 Å². The quantitative estimate of drug-likeness (QED) is 0.557. The second-order valence-electron chi connectivity index (χ2n) is 5.27. The van der Waals surface area contributed by atoms with Crippen molar-refractivity contribution in [2.75, 3.05) is 6.54 Å². The van der Waals surface area contributed by atoms with Crippen molar-refractivity contribution >= 4 is 5.97 Å². The third-order valence-corrected chi connectivity index (χ3v) is 4.71. The second kappa shape index (κ2) is 2.46. The number of rotatable bonds is 0. The molecule has 3 fully saturated rings. The average molecular weight is 205 g/mol. The van der Waals surface area contributed by atoms with Crippen molar-refractivity contribution < 1.29 is 9.53 Å². The van der Waals surface area contributed by atoms with E-state index < -0.39 is 0 Å². The molecule has 4 aliphatic rings. The molecule has 0 unspecified atom stereocenters. The van der Waals surface area contributed by atoms with Crippen LogP contribution in [0.2, 0.25) is 0 Å². The molecule has 3 atom stereocenters. The molecule has 0 radical (unpaired) electrons. The Labute approximate surface area is 89.1 Å². The minimum absolute atomic E-state index is 0.0978. The SMILES string of the molecule is O=C1C=C2CC[C@@H]3C[C@@]2(O1)[C@H]1CCCN31. The molecule has 1 saturated carbocycles. The molecular formula is C12H15NO2. The molecule has 0 aromatic rings. The lowest BCUT2D eigenvalue weighted by atomic mass is 9.78. The second-order valence-corrected chi connectivity index (χ2v) is 5.27. The summed E-state index contributed by atoms with van der Waals surface area (Å²) in [7, 11) is 0. The summed E-state index contributed by atoms with van der Waals surface area (Å²) < 4.78 is 5.68. The summed E-state index contributed by atoms with van der Waals surface area (Å²) in [6.45, 7) is 1.21. The molecule has 15 heavy (non-hydrogen) atoms. The summed E-state index contributed by atoms with van der Waals surface area (Å²) in [6, 6.07) is 1.18. The third kappa shape index (κ3) is 0.842. The van der Waals surface area contributed by atoms with E-state index in [2.05, 4.69) is 4.90 Å². The van der Waals surface area contributed by atoms with Gasteiger partial charge in [-0.15, -0.1) is 0 Å². The first-order valence-electron chi connectivity index (χ1n) is 5.99. The van der Waals surface area contributed by atoms with E-state index >= 15 is 0 Å². The fraction of sp³-hybridized carbons (Fsp3) is 0.750. The predicted molar refractivity (Wildman–Crippen MR) is 54.3 cm³/mol. The smallest absolute Gasteiger partial charge is 0.331 e. The Hall–Kier alpha value is -0.830. The van der Waals surface area contributed by atoms with E-state index in [0.717, 1.165) is 12.8 Å². The van der Waals surface area contributed by atoms with Crippen LogP contribution in [0.3, 0.4) is 0 Å². The van der Waals surface area contributed by atoms with Crippen LogP contribution in [0.1, 0.15) is 32.1 Å². The molecule has 3 heteroatoms. The minimum Gasteiger partial charge on any atom is -0.450 e. The Morgan fingerprint density at radius 3 is 3.33 bits per heavy atom. The van der Waals surface area contributed by atoms with Crippen LogP contribution in [0.5, 0.6) is 0 Å². The first-order chi connectivity index (χ1) is 7.29. The molecular weight excluding hydrogens is 190 g/mol. The van der Waals surface area contributed by atoms with E-state index in [0.29, 0.717) is 12.1 Å². The predicted octanol–water partition coefficient (Wildman–Crippen LogP) is 1.24. The third-order valence-electron chi connectivity index (χ3n) is 4.71. The number of fused-ring (bicyclic) bond motifs is 3. The fourth-order valence-corrected chi connectivity index (χ4v) is 4.20. The highest BCUT2D eigenvalue weighted by atomic mass is 16.6. The Kier molecular flexibility index (Phi) is 1.37. The van der Waals surface area contributed by atoms with Gasteiger partial charge < -0.3 is 4.74 Å². The topological polar surface area (TPSA) is 29.5 Å². The molecule has 1 spiro atoms. The molecule has 0 aromatic heterocycles. The molecule has 2 bridgehead atoms. The summed E-state index contributed by atoms with van der Waals surface area (Å²) in [5.41, 5.74) is 1.11. The Bertz CT molecular complexity index is 376. The normalized spacial score (nSPS) is 47.5. The van der Waals surface area contributed by atoms with E-state index in [1.54, 1.807) is 6.08 Å². The molecule has 0 N–H and O–H groups in total. The monoisotopic (exact) mass is 205 g/mol. The number of ether oxygens (including phenoxy) is 1. The van der Waals surface area contributed by atoms with Crippen molar-refractivity contribution in [1.82, 2.24) is 4.90 Å². The van der Waals surface area contributed by atoms with Crippen LogP contribution in [0.15, 0.2) is 11.6 Å². The Morgan fingerprint density at radius 1 is 1.47 bits per heavy atom. The van der Waals surface area contributed by atoms with Gasteiger partial charge in [0.2, 0.25) is 0 Å². The maximum Gasteiger partial charge on any atom is 0.331 e. The number of hydrogen-bond donors (Lipinski definition) is 0. The van der Waals surface area contributed by atoms with Gasteiger partial charge in [0.05, 0.1) is 6.04 Å². The minimum atomic E-state index is -0.184. The zero-order chi connectivity index (χ0) is 10.0. The summed E-state index contributed by atoms with van der Waals surface area (Å²) >= 11 is 0. The molecule has 3 heterocycles. The highest BCUT2D eigenvalue weighted by Crippen LogP contribution is 2.54. The van der Waals surface area contributed by atoms with Crippen molar-refractivity contribution in [3.8, 4) is 0 Å². The fourth-order valence-electron chi connectivity index (χ4n) is 4.20. The van der Waals surface area contributed by atoms with Gasteiger partial charge in [0.25, 0.3) is 0 Å². The summed E-state index contributed by atoms with van der Waals surface area (Å²) in [5.74, 6) is -0.0978. The highest BCUT2D eigenvalue weighted by molar-refractivity contribution is 5.87. The molecule has 2 saturated heterocycles. The number of esters is 1. The standard InChI is InChI=1S/C12H15NO2/c14-11-6-8-3-4-9-7-12(8,15-11)10-2-1-5-13(9)10/h6,9-10H,1-5,7H2/t9-,10-,12+/m1/s1. The largest absolute Gasteiger partial charge is 0.450 e. The number of hydrogen-bond acceptors (Lipinski definition) is 3. The number of carbonyl (C=O) groups excluding carboxylic acids is 1. The van der Waals surface area contributed by atoms with Crippen LogP contribution in [0.4, 0.5) is 0 Å². The first-order valence-corrected chi connectivity index (χ1v) is 5.99. The van der Waals surface area contributed by atoms with Gasteiger partial charge in [-0.05, 0) is 37.8 Å². The van der Waals surface area contributed by atoms with Crippen LogP contribution >= 0.6 is 0 Å². The van der Waals surface area contributed by atoms with Gasteiger partial charge in [0.1, 0.15) is 0 Å². The van der Waals surface area contributed by atoms with E-state index in [-0.39, 0.29) is 11.6 Å². The van der Waals surface area contributed by atoms with E-state index in [1.165, 1.54) is 31.4 Å². The average Bonchev–Trinajstić information content (AvgIpc) is 2.82. The van der Waals surface area contributed by atoms with Crippen molar-refractivity contribution in [3.05, 3.63) is 11.6 Å². The molecule has 4 rings (SSSR count). The van der Waals surface area contributed by atoms with Crippen molar-refractivity contribution in [2.24, 2.45) is 0 Å². The zero-order valence-corrected chi connectivity index (χ0v) is 8.74. The van der Waals surface area contributed by atoms with Crippen LogP contribution in [-0.2, 0) is 9.53 Å². The van der Waals surface area contributed by atoms with E-state index in [4.69, 9.17) is 4.74 Å². The highest BCUT2D eigenvalue weighted by Gasteiger charge is 2.61. The summed E-state index contributed by atoms with van der Waals surface area (Å²) in [6.07, 6.45) is 7.60. The van der Waals surface area contributed by atoms with Crippen LogP contribution < -0.4 is 0 Å². The molecule has 0 amide bonds. The lowest BCUT2D eigenvalue weighted by molar-refractivity contribution is -0.147. The van der Waals surface area contributed by atoms with Gasteiger partial charge in [-0.2, -0.15) is 0 Å². The molecule has 3 nitrogen and oxygen atoms in total. The summed E-state index contributed by atoms with van der Waals surface area (Å²) in [4.78, 5) is 14.1. The zero-order valence-electron chi connectivity index (χ0n) is 8.74. The lowest BCUT2D eigenvalue weighted by Crippen LogP contribution is -2.43. The van der Waals surface area contributed by atoms with Crippen molar-refractivity contribution in [3.63, 3.8) is 0 Å². The van der Waals surface area contributed by atoms with Crippen LogP contribution in [0.25, 0.3) is 0 Å². The van der Waals surface area contributed by atoms with Gasteiger partial charge in [-0.1, -0.05) is 0 Å². The van der Waals surface area contributed by atoms with Crippen molar-refractivity contribution in [2.45, 2.75) is 49.8 Å². The molecule has 80 valence electrons. The molecule has 3 aliphatic heterocycles. The maximum atomic E-state index is 11.5. The van der Waals surface area contributed by atoms with Crippen molar-refractivity contribution in [1.29, 1.82) is 0 Å². The van der Waals surface area contributed by atoms with Gasteiger partial charge in [0.15, 0.2) is 5.60 Å². The van der Waals surface area contributed by atoms with Crippen LogP contribution in [-0.4, -0.2) is 35.1 Å². The number of carbonyl (C=O) groups is 1. The van der Waals surface area contributed by atoms with Gasteiger partial charge >= 0.3 is 5.97 Å². The Morgan fingerprint density at radius 2 is 2.40 bits per heavy atom.